The van der Waals surface area contributed by atoms with Crippen molar-refractivity contribution in [3.63, 3.8) is 0 Å². The number of aromatic nitrogens is 3. The van der Waals surface area contributed by atoms with Gasteiger partial charge in [-0.2, -0.15) is 5.10 Å². The zero-order valence-electron chi connectivity index (χ0n) is 10.1. The summed E-state index contributed by atoms with van der Waals surface area (Å²) in [6, 6.07) is 16.5. The molecule has 0 saturated carbocycles. The maximum Gasteiger partial charge on any atom is 0.193 e. The van der Waals surface area contributed by atoms with Crippen molar-refractivity contribution in [2.24, 2.45) is 0 Å². The molecule has 0 aliphatic carbocycles. The summed E-state index contributed by atoms with van der Waals surface area (Å²) < 4.78 is 0. The average Bonchev–Trinajstić information content (AvgIpc) is 3.01. The van der Waals surface area contributed by atoms with Gasteiger partial charge in [-0.15, -0.1) is 0 Å². The molecule has 0 unspecified atom stereocenters. The topological polar surface area (TPSA) is 58.6 Å². The summed E-state index contributed by atoms with van der Waals surface area (Å²) >= 11 is 0. The molecule has 0 aliphatic heterocycles. The summed E-state index contributed by atoms with van der Waals surface area (Å²) in [6.45, 7) is 0. The van der Waals surface area contributed by atoms with Gasteiger partial charge in [-0.25, -0.2) is 4.98 Å². The van der Waals surface area contributed by atoms with Crippen LogP contribution in [0.1, 0.15) is 15.9 Å². The Bertz CT molecular complexity index is 690. The van der Waals surface area contributed by atoms with Crippen molar-refractivity contribution in [2.75, 3.05) is 0 Å². The number of nitrogens with zero attached hydrogens (tertiary/aromatic N) is 2. The molecular weight excluding hydrogens is 238 g/mol. The van der Waals surface area contributed by atoms with Gasteiger partial charge in [0.1, 0.15) is 6.33 Å². The van der Waals surface area contributed by atoms with Crippen LogP contribution in [0.2, 0.25) is 0 Å². The van der Waals surface area contributed by atoms with Gasteiger partial charge in [0.2, 0.25) is 0 Å². The number of carbonyl (C=O) groups is 1. The molecule has 4 heteroatoms. The minimum Gasteiger partial charge on any atom is -0.289 e. The van der Waals surface area contributed by atoms with E-state index in [1.54, 1.807) is 18.2 Å². The van der Waals surface area contributed by atoms with Crippen LogP contribution >= 0.6 is 0 Å². The van der Waals surface area contributed by atoms with E-state index in [0.717, 1.165) is 5.56 Å². The van der Waals surface area contributed by atoms with E-state index in [1.807, 2.05) is 36.4 Å². The van der Waals surface area contributed by atoms with Crippen molar-refractivity contribution in [3.05, 3.63) is 72.1 Å². The van der Waals surface area contributed by atoms with E-state index in [1.165, 1.54) is 6.33 Å². The first-order valence-corrected chi connectivity index (χ1v) is 5.91. The van der Waals surface area contributed by atoms with Crippen LogP contribution < -0.4 is 0 Å². The molecule has 0 atom stereocenters. The fourth-order valence-electron chi connectivity index (χ4n) is 1.96. The van der Waals surface area contributed by atoms with Crippen molar-refractivity contribution >= 4 is 5.78 Å². The predicted molar refractivity (Wildman–Crippen MR) is 71.7 cm³/mol. The van der Waals surface area contributed by atoms with E-state index in [0.29, 0.717) is 17.0 Å². The highest BCUT2D eigenvalue weighted by molar-refractivity contribution is 6.12. The standard InChI is InChI=1S/C15H11N3O/c19-14(11-6-2-1-3-7-11)12-8-4-5-9-13(12)15-16-10-17-18-15/h1-10H,(H,16,17,18). The fraction of sp³-hybridized carbons (Fsp3) is 0. The van der Waals surface area contributed by atoms with Crippen molar-refractivity contribution in [2.45, 2.75) is 0 Å². The number of nitrogens with one attached hydrogen (secondary N) is 1. The van der Waals surface area contributed by atoms with E-state index in [-0.39, 0.29) is 5.78 Å². The number of benzene rings is 2. The van der Waals surface area contributed by atoms with E-state index in [4.69, 9.17) is 0 Å². The number of carbonyl (C=O) groups excluding carboxylic acids is 1. The fourth-order valence-corrected chi connectivity index (χ4v) is 1.96. The van der Waals surface area contributed by atoms with Crippen LogP contribution in [0.25, 0.3) is 11.4 Å². The van der Waals surface area contributed by atoms with Crippen LogP contribution in [0.5, 0.6) is 0 Å². The van der Waals surface area contributed by atoms with Crippen molar-refractivity contribution in [1.29, 1.82) is 0 Å². The normalized spacial score (nSPS) is 10.3. The number of hydrogen-bond donors (Lipinski definition) is 1. The molecule has 3 rings (SSSR count). The second-order valence-corrected chi connectivity index (χ2v) is 4.06. The number of ketones is 1. The zero-order valence-corrected chi connectivity index (χ0v) is 10.1. The van der Waals surface area contributed by atoms with E-state index in [9.17, 15) is 4.79 Å². The van der Waals surface area contributed by atoms with E-state index >= 15 is 0 Å². The summed E-state index contributed by atoms with van der Waals surface area (Å²) in [5, 5.41) is 6.70. The molecule has 4 nitrogen and oxygen atoms in total. The molecule has 1 aromatic heterocycles. The molecule has 92 valence electrons. The van der Waals surface area contributed by atoms with Crippen LogP contribution in [-0.2, 0) is 0 Å². The highest BCUT2D eigenvalue weighted by Crippen LogP contribution is 2.22. The summed E-state index contributed by atoms with van der Waals surface area (Å²) in [5.74, 6) is 0.501. The Morgan fingerprint density at radius 3 is 2.42 bits per heavy atom. The molecular formula is C15H11N3O. The SMILES string of the molecule is O=C(c1ccccc1)c1ccccc1-c1nc[nH]n1. The lowest BCUT2D eigenvalue weighted by atomic mass is 9.98. The Morgan fingerprint density at radius 1 is 0.947 bits per heavy atom. The number of hydrogen-bond acceptors (Lipinski definition) is 3. The summed E-state index contributed by atoms with van der Waals surface area (Å²) in [7, 11) is 0. The Hall–Kier alpha value is -2.75. The molecule has 1 N–H and O–H groups in total. The molecule has 0 fully saturated rings. The molecule has 3 aromatic rings. The van der Waals surface area contributed by atoms with Gasteiger partial charge in [0.15, 0.2) is 11.6 Å². The van der Waals surface area contributed by atoms with Gasteiger partial charge in [-0.3, -0.25) is 9.89 Å². The van der Waals surface area contributed by atoms with Gasteiger partial charge >= 0.3 is 0 Å². The summed E-state index contributed by atoms with van der Waals surface area (Å²) in [4.78, 5) is 16.6. The lowest BCUT2D eigenvalue weighted by Gasteiger charge is -2.05. The molecule has 0 bridgehead atoms. The summed E-state index contributed by atoms with van der Waals surface area (Å²) in [6.07, 6.45) is 1.50. The Balaban J connectivity index is 2.09. The van der Waals surface area contributed by atoms with Gasteiger partial charge in [0.25, 0.3) is 0 Å². The predicted octanol–water partition coefficient (Wildman–Crippen LogP) is 2.70. The monoisotopic (exact) mass is 249 g/mol. The molecule has 2 aromatic carbocycles. The Kier molecular flexibility index (Phi) is 2.90. The third-order valence-electron chi connectivity index (χ3n) is 2.86. The Labute approximate surface area is 110 Å². The third kappa shape index (κ3) is 2.15. The van der Waals surface area contributed by atoms with Crippen molar-refractivity contribution in [3.8, 4) is 11.4 Å². The molecule has 0 radical (unpaired) electrons. The lowest BCUT2D eigenvalue weighted by Crippen LogP contribution is -2.03. The largest absolute Gasteiger partial charge is 0.289 e. The smallest absolute Gasteiger partial charge is 0.193 e. The highest BCUT2D eigenvalue weighted by Gasteiger charge is 2.15. The lowest BCUT2D eigenvalue weighted by molar-refractivity contribution is 0.103. The van der Waals surface area contributed by atoms with Crippen LogP contribution in [0, 0.1) is 0 Å². The second kappa shape index (κ2) is 4.86. The third-order valence-corrected chi connectivity index (χ3v) is 2.86. The summed E-state index contributed by atoms with van der Waals surface area (Å²) in [5.41, 5.74) is 2.00. The second-order valence-electron chi connectivity index (χ2n) is 4.06. The minimum atomic E-state index is -0.0269. The molecule has 19 heavy (non-hydrogen) atoms. The minimum absolute atomic E-state index is 0.0269. The number of aromatic amines is 1. The van der Waals surface area contributed by atoms with Crippen molar-refractivity contribution < 1.29 is 4.79 Å². The number of H-pyrrole nitrogens is 1. The van der Waals surface area contributed by atoms with Gasteiger partial charge in [0.05, 0.1) is 0 Å². The maximum absolute atomic E-state index is 12.5. The average molecular weight is 249 g/mol. The van der Waals surface area contributed by atoms with Gasteiger partial charge in [0, 0.05) is 16.7 Å². The van der Waals surface area contributed by atoms with Crippen LogP contribution in [0.15, 0.2) is 60.9 Å². The van der Waals surface area contributed by atoms with Crippen LogP contribution in [-0.4, -0.2) is 21.0 Å². The first-order chi connectivity index (χ1) is 9.36. The van der Waals surface area contributed by atoms with Gasteiger partial charge in [-0.05, 0) is 0 Å². The van der Waals surface area contributed by atoms with Crippen LogP contribution in [0.4, 0.5) is 0 Å². The van der Waals surface area contributed by atoms with Crippen LogP contribution in [0.3, 0.4) is 0 Å². The zero-order chi connectivity index (χ0) is 13.1. The van der Waals surface area contributed by atoms with E-state index < -0.39 is 0 Å². The first kappa shape index (κ1) is 11.3. The molecule has 0 spiro atoms. The molecule has 0 amide bonds. The van der Waals surface area contributed by atoms with Gasteiger partial charge < -0.3 is 0 Å². The molecule has 1 heterocycles. The van der Waals surface area contributed by atoms with Crippen molar-refractivity contribution in [1.82, 2.24) is 15.2 Å². The highest BCUT2D eigenvalue weighted by atomic mass is 16.1. The molecule has 0 aliphatic rings. The molecule has 0 saturated heterocycles. The van der Waals surface area contributed by atoms with Gasteiger partial charge in [-0.1, -0.05) is 54.6 Å². The number of rotatable bonds is 3. The first-order valence-electron chi connectivity index (χ1n) is 5.91. The quantitative estimate of drug-likeness (QED) is 0.726. The Morgan fingerprint density at radius 2 is 1.68 bits per heavy atom. The maximum atomic E-state index is 12.5. The van der Waals surface area contributed by atoms with E-state index in [2.05, 4.69) is 15.2 Å².